The van der Waals surface area contributed by atoms with Crippen molar-refractivity contribution in [3.8, 4) is 5.75 Å². The molecule has 0 spiro atoms. The lowest BCUT2D eigenvalue weighted by molar-refractivity contribution is 0.0691. The Kier molecular flexibility index (Phi) is 2.44. The summed E-state index contributed by atoms with van der Waals surface area (Å²) in [5.74, 6) is -1.60. The topological polar surface area (TPSA) is 59.4 Å². The zero-order chi connectivity index (χ0) is 11.7. The van der Waals surface area contributed by atoms with Crippen LogP contribution < -0.4 is 4.74 Å². The molecule has 0 amide bonds. The Morgan fingerprint density at radius 2 is 2.19 bits per heavy atom. The van der Waals surface area contributed by atoms with Gasteiger partial charge in [0.05, 0.1) is 12.6 Å². The van der Waals surface area contributed by atoms with Gasteiger partial charge in [0.1, 0.15) is 5.69 Å². The summed E-state index contributed by atoms with van der Waals surface area (Å²) < 4.78 is 18.2. The van der Waals surface area contributed by atoms with E-state index in [1.807, 2.05) is 0 Å². The van der Waals surface area contributed by atoms with Gasteiger partial charge in [-0.15, -0.1) is 0 Å². The number of hydrogen-bond acceptors (Lipinski definition) is 3. The maximum atomic E-state index is 13.3. The molecule has 0 atom stereocenters. The van der Waals surface area contributed by atoms with Gasteiger partial charge in [0.25, 0.3) is 0 Å². The summed E-state index contributed by atoms with van der Waals surface area (Å²) in [5.41, 5.74) is 0.176. The first kappa shape index (κ1) is 10.4. The van der Waals surface area contributed by atoms with Crippen LogP contribution in [0.4, 0.5) is 4.39 Å². The largest absolute Gasteiger partial charge is 0.494 e. The molecule has 16 heavy (non-hydrogen) atoms. The highest BCUT2D eigenvalue weighted by Gasteiger charge is 2.09. The molecular weight excluding hydrogens is 213 g/mol. The number of aromatic nitrogens is 1. The van der Waals surface area contributed by atoms with Crippen molar-refractivity contribution in [3.63, 3.8) is 0 Å². The molecule has 5 heteroatoms. The fourth-order valence-corrected chi connectivity index (χ4v) is 1.40. The van der Waals surface area contributed by atoms with Crippen LogP contribution in [0.5, 0.6) is 5.75 Å². The SMILES string of the molecule is COc1cc2ccc(C(=O)O)nc2cc1F. The lowest BCUT2D eigenvalue weighted by atomic mass is 10.2. The van der Waals surface area contributed by atoms with Crippen LogP contribution in [-0.4, -0.2) is 23.2 Å². The number of pyridine rings is 1. The van der Waals surface area contributed by atoms with Crippen molar-refractivity contribution in [3.05, 3.63) is 35.8 Å². The number of hydrogen-bond donors (Lipinski definition) is 1. The second-order valence-electron chi connectivity index (χ2n) is 3.18. The van der Waals surface area contributed by atoms with E-state index in [2.05, 4.69) is 4.98 Å². The Balaban J connectivity index is 2.66. The van der Waals surface area contributed by atoms with Crippen LogP contribution in [0.15, 0.2) is 24.3 Å². The number of halogens is 1. The normalized spacial score (nSPS) is 10.4. The van der Waals surface area contributed by atoms with Crippen LogP contribution >= 0.6 is 0 Å². The van der Waals surface area contributed by atoms with E-state index in [1.54, 1.807) is 6.07 Å². The number of carbonyl (C=O) groups is 1. The molecule has 0 fully saturated rings. The molecule has 0 aliphatic heterocycles. The third kappa shape index (κ3) is 1.67. The molecule has 4 nitrogen and oxygen atoms in total. The van der Waals surface area contributed by atoms with Gasteiger partial charge in [-0.05, 0) is 12.1 Å². The Bertz CT molecular complexity index is 568. The summed E-state index contributed by atoms with van der Waals surface area (Å²) in [6, 6.07) is 5.56. The van der Waals surface area contributed by atoms with E-state index in [-0.39, 0.29) is 11.4 Å². The Morgan fingerprint density at radius 3 is 2.81 bits per heavy atom. The van der Waals surface area contributed by atoms with Gasteiger partial charge < -0.3 is 9.84 Å². The van der Waals surface area contributed by atoms with Crippen molar-refractivity contribution in [1.82, 2.24) is 4.98 Å². The van der Waals surface area contributed by atoms with E-state index in [0.717, 1.165) is 6.07 Å². The average molecular weight is 221 g/mol. The van der Waals surface area contributed by atoms with Crippen molar-refractivity contribution >= 4 is 16.9 Å². The summed E-state index contributed by atoms with van der Waals surface area (Å²) >= 11 is 0. The summed E-state index contributed by atoms with van der Waals surface area (Å²) in [6.45, 7) is 0. The molecule has 0 aliphatic carbocycles. The van der Waals surface area contributed by atoms with E-state index in [1.165, 1.54) is 19.2 Å². The molecule has 1 aromatic heterocycles. The van der Waals surface area contributed by atoms with Crippen LogP contribution in [-0.2, 0) is 0 Å². The van der Waals surface area contributed by atoms with Crippen molar-refractivity contribution < 1.29 is 19.0 Å². The third-order valence-electron chi connectivity index (χ3n) is 2.18. The first-order valence-corrected chi connectivity index (χ1v) is 4.49. The van der Waals surface area contributed by atoms with Gasteiger partial charge in [-0.3, -0.25) is 0 Å². The predicted molar refractivity (Wildman–Crippen MR) is 55.2 cm³/mol. The molecular formula is C11H8FNO3. The maximum absolute atomic E-state index is 13.3. The Hall–Kier alpha value is -2.17. The number of methoxy groups -OCH3 is 1. The number of rotatable bonds is 2. The van der Waals surface area contributed by atoms with Crippen molar-refractivity contribution in [2.45, 2.75) is 0 Å². The highest BCUT2D eigenvalue weighted by atomic mass is 19.1. The van der Waals surface area contributed by atoms with E-state index in [0.29, 0.717) is 10.9 Å². The Morgan fingerprint density at radius 1 is 1.44 bits per heavy atom. The molecule has 1 aromatic carbocycles. The number of carboxylic acids is 1. The number of nitrogens with zero attached hydrogens (tertiary/aromatic N) is 1. The van der Waals surface area contributed by atoms with Gasteiger partial charge in [0.2, 0.25) is 0 Å². The van der Waals surface area contributed by atoms with E-state index < -0.39 is 11.8 Å². The molecule has 0 saturated carbocycles. The quantitative estimate of drug-likeness (QED) is 0.843. The molecule has 0 unspecified atom stereocenters. The zero-order valence-corrected chi connectivity index (χ0v) is 8.40. The van der Waals surface area contributed by atoms with Crippen LogP contribution in [0.3, 0.4) is 0 Å². The number of benzene rings is 1. The monoisotopic (exact) mass is 221 g/mol. The van der Waals surface area contributed by atoms with Crippen LogP contribution in [0.25, 0.3) is 10.9 Å². The number of fused-ring (bicyclic) bond motifs is 1. The smallest absolute Gasteiger partial charge is 0.354 e. The van der Waals surface area contributed by atoms with E-state index in [9.17, 15) is 9.18 Å². The second-order valence-corrected chi connectivity index (χ2v) is 3.18. The molecule has 1 N–H and O–H groups in total. The van der Waals surface area contributed by atoms with Gasteiger partial charge in [-0.25, -0.2) is 14.2 Å². The summed E-state index contributed by atoms with van der Waals surface area (Å²) in [6.07, 6.45) is 0. The van der Waals surface area contributed by atoms with Gasteiger partial charge in [0, 0.05) is 11.5 Å². The summed E-state index contributed by atoms with van der Waals surface area (Å²) in [7, 11) is 1.36. The van der Waals surface area contributed by atoms with E-state index in [4.69, 9.17) is 9.84 Å². The molecule has 0 bridgehead atoms. The average Bonchev–Trinajstić information content (AvgIpc) is 2.27. The van der Waals surface area contributed by atoms with Gasteiger partial charge in [-0.2, -0.15) is 0 Å². The Labute approximate surface area is 90.3 Å². The van der Waals surface area contributed by atoms with Crippen LogP contribution in [0.2, 0.25) is 0 Å². The molecule has 0 saturated heterocycles. The van der Waals surface area contributed by atoms with Crippen molar-refractivity contribution in [2.75, 3.05) is 7.11 Å². The third-order valence-corrected chi connectivity index (χ3v) is 2.18. The van der Waals surface area contributed by atoms with Crippen molar-refractivity contribution in [2.24, 2.45) is 0 Å². The lowest BCUT2D eigenvalue weighted by Crippen LogP contribution is -2.00. The minimum Gasteiger partial charge on any atom is -0.494 e. The molecule has 0 aliphatic rings. The first-order chi connectivity index (χ1) is 7.61. The van der Waals surface area contributed by atoms with Gasteiger partial charge >= 0.3 is 5.97 Å². The fourth-order valence-electron chi connectivity index (χ4n) is 1.40. The molecule has 2 rings (SSSR count). The van der Waals surface area contributed by atoms with E-state index >= 15 is 0 Å². The predicted octanol–water partition coefficient (Wildman–Crippen LogP) is 2.08. The fraction of sp³-hybridized carbons (Fsp3) is 0.0909. The molecule has 2 aromatic rings. The van der Waals surface area contributed by atoms with Crippen molar-refractivity contribution in [1.29, 1.82) is 0 Å². The highest BCUT2D eigenvalue weighted by molar-refractivity contribution is 5.90. The minimum atomic E-state index is -1.14. The second kappa shape index (κ2) is 3.77. The molecule has 0 radical (unpaired) electrons. The van der Waals surface area contributed by atoms with Gasteiger partial charge in [-0.1, -0.05) is 6.07 Å². The maximum Gasteiger partial charge on any atom is 0.354 e. The number of ether oxygens (including phenoxy) is 1. The van der Waals surface area contributed by atoms with Crippen LogP contribution in [0, 0.1) is 5.82 Å². The molecule has 1 heterocycles. The number of carboxylic acid groups (broad SMARTS) is 1. The summed E-state index contributed by atoms with van der Waals surface area (Å²) in [5, 5.41) is 9.36. The summed E-state index contributed by atoms with van der Waals surface area (Å²) in [4.78, 5) is 14.5. The number of aromatic carboxylic acids is 1. The molecule has 82 valence electrons. The van der Waals surface area contributed by atoms with Gasteiger partial charge in [0.15, 0.2) is 11.6 Å². The lowest BCUT2D eigenvalue weighted by Gasteiger charge is -2.04. The standard InChI is InChI=1S/C11H8FNO3/c1-16-10-4-6-2-3-8(11(14)15)13-9(6)5-7(10)12/h2-5H,1H3,(H,14,15). The minimum absolute atomic E-state index is 0.109. The zero-order valence-electron chi connectivity index (χ0n) is 8.40. The van der Waals surface area contributed by atoms with Crippen LogP contribution in [0.1, 0.15) is 10.5 Å². The first-order valence-electron chi connectivity index (χ1n) is 4.49. The highest BCUT2D eigenvalue weighted by Crippen LogP contribution is 2.23.